The van der Waals surface area contributed by atoms with E-state index < -0.39 is 42.9 Å². The molecule has 0 aliphatic heterocycles. The van der Waals surface area contributed by atoms with Gasteiger partial charge in [-0.15, -0.1) is 0 Å². The fourth-order valence-corrected chi connectivity index (χ4v) is 1.15. The van der Waals surface area contributed by atoms with E-state index in [2.05, 4.69) is 4.74 Å². The molecule has 0 aromatic rings. The van der Waals surface area contributed by atoms with Crippen molar-refractivity contribution in [2.75, 3.05) is 6.54 Å². The average Bonchev–Trinajstić information content (AvgIpc) is 2.04. The third-order valence-electron chi connectivity index (χ3n) is 1.89. The number of amides is 1. The average molecular weight is 295 g/mol. The molecule has 0 rings (SSSR count). The van der Waals surface area contributed by atoms with E-state index in [4.69, 9.17) is 0 Å². The van der Waals surface area contributed by atoms with E-state index in [9.17, 15) is 31.1 Å². The number of nitrogens with one attached hydrogen (secondary N) is 1. The van der Waals surface area contributed by atoms with Crippen LogP contribution in [0.4, 0.5) is 31.1 Å². The third kappa shape index (κ3) is 7.78. The van der Waals surface area contributed by atoms with Gasteiger partial charge >= 0.3 is 18.4 Å². The predicted octanol–water partition coefficient (Wildman–Crippen LogP) is 3.64. The Balaban J connectivity index is 4.34. The number of alkyl carbamates (subject to hydrolysis) is 1. The summed E-state index contributed by atoms with van der Waals surface area (Å²) in [5.41, 5.74) is -0.877. The number of halogens is 6. The van der Waals surface area contributed by atoms with Gasteiger partial charge in [-0.25, -0.2) is 4.79 Å². The Kier molecular flexibility index (Phi) is 5.52. The number of carbonyl (C=O) groups excluding carboxylic acids is 1. The van der Waals surface area contributed by atoms with E-state index in [1.165, 1.54) is 20.8 Å². The van der Waals surface area contributed by atoms with Gasteiger partial charge in [0.2, 0.25) is 0 Å². The molecule has 19 heavy (non-hydrogen) atoms. The Bertz CT molecular complexity index is 291. The van der Waals surface area contributed by atoms with Gasteiger partial charge in [0.05, 0.1) is 0 Å². The molecule has 0 atom stereocenters. The number of rotatable bonds is 3. The summed E-state index contributed by atoms with van der Waals surface area (Å²) in [5.74, 6) is -3.46. The molecule has 0 fully saturated rings. The standard InChI is InChI=1S/C10H15F6NO2/c1-8(2,3)19-7(18)17-5-4-6(9(11,12)13)10(14,15)16/h6H,4-5H2,1-3H3,(H,17,18). The lowest BCUT2D eigenvalue weighted by Gasteiger charge is -2.23. The van der Waals surface area contributed by atoms with Crippen molar-refractivity contribution in [1.29, 1.82) is 0 Å². The molecule has 0 saturated heterocycles. The Morgan fingerprint density at radius 3 is 1.79 bits per heavy atom. The summed E-state index contributed by atoms with van der Waals surface area (Å²) in [7, 11) is 0. The molecule has 0 aliphatic carbocycles. The van der Waals surface area contributed by atoms with Gasteiger partial charge in [0.1, 0.15) is 5.60 Å². The zero-order valence-electron chi connectivity index (χ0n) is 10.6. The molecular weight excluding hydrogens is 280 g/mol. The van der Waals surface area contributed by atoms with Gasteiger partial charge in [0, 0.05) is 6.54 Å². The van der Waals surface area contributed by atoms with Gasteiger partial charge < -0.3 is 10.1 Å². The molecule has 0 radical (unpaired) electrons. The van der Waals surface area contributed by atoms with Crippen LogP contribution < -0.4 is 5.32 Å². The fourth-order valence-electron chi connectivity index (χ4n) is 1.15. The van der Waals surface area contributed by atoms with Crippen molar-refractivity contribution in [1.82, 2.24) is 5.32 Å². The zero-order chi connectivity index (χ0) is 15.5. The number of alkyl halides is 6. The minimum atomic E-state index is -5.39. The van der Waals surface area contributed by atoms with E-state index in [1.54, 1.807) is 0 Å². The highest BCUT2D eigenvalue weighted by Gasteiger charge is 2.55. The molecule has 0 heterocycles. The third-order valence-corrected chi connectivity index (χ3v) is 1.89. The second-order valence-corrected chi connectivity index (χ2v) is 4.85. The van der Waals surface area contributed by atoms with Crippen molar-refractivity contribution >= 4 is 6.09 Å². The molecule has 0 aromatic heterocycles. The quantitative estimate of drug-likeness (QED) is 0.807. The Morgan fingerprint density at radius 1 is 1.05 bits per heavy atom. The second-order valence-electron chi connectivity index (χ2n) is 4.85. The smallest absolute Gasteiger partial charge is 0.407 e. The van der Waals surface area contributed by atoms with E-state index in [1.807, 2.05) is 5.32 Å². The first-order valence-electron chi connectivity index (χ1n) is 5.34. The van der Waals surface area contributed by atoms with Crippen LogP contribution in [0.1, 0.15) is 27.2 Å². The second kappa shape index (κ2) is 5.87. The Labute approximate surface area is 106 Å². The molecule has 0 unspecified atom stereocenters. The molecule has 1 N–H and O–H groups in total. The molecular formula is C10H15F6NO2. The predicted molar refractivity (Wildman–Crippen MR) is 54.5 cm³/mol. The number of hydrogen-bond donors (Lipinski definition) is 1. The van der Waals surface area contributed by atoms with Crippen LogP contribution >= 0.6 is 0 Å². The lowest BCUT2D eigenvalue weighted by Crippen LogP contribution is -2.40. The molecule has 114 valence electrons. The van der Waals surface area contributed by atoms with Crippen LogP contribution in [0.15, 0.2) is 0 Å². The highest BCUT2D eigenvalue weighted by atomic mass is 19.4. The van der Waals surface area contributed by atoms with Crippen LogP contribution in [0.3, 0.4) is 0 Å². The van der Waals surface area contributed by atoms with Crippen molar-refractivity contribution in [3.63, 3.8) is 0 Å². The SMILES string of the molecule is CC(C)(C)OC(=O)NCCC(C(F)(F)F)C(F)(F)F. The zero-order valence-corrected chi connectivity index (χ0v) is 10.6. The molecule has 0 aliphatic rings. The van der Waals surface area contributed by atoms with E-state index in [0.717, 1.165) is 0 Å². The van der Waals surface area contributed by atoms with Gasteiger partial charge in [-0.05, 0) is 27.2 Å². The van der Waals surface area contributed by atoms with Gasteiger partial charge in [0.25, 0.3) is 0 Å². The van der Waals surface area contributed by atoms with Gasteiger partial charge in [-0.3, -0.25) is 0 Å². The fraction of sp³-hybridized carbons (Fsp3) is 0.900. The van der Waals surface area contributed by atoms with Gasteiger partial charge in [0.15, 0.2) is 5.92 Å². The first kappa shape index (κ1) is 17.8. The minimum Gasteiger partial charge on any atom is -0.444 e. The summed E-state index contributed by atoms with van der Waals surface area (Å²) in [6.07, 6.45) is -13.1. The van der Waals surface area contributed by atoms with E-state index >= 15 is 0 Å². The van der Waals surface area contributed by atoms with Crippen molar-refractivity contribution in [2.24, 2.45) is 5.92 Å². The van der Waals surface area contributed by atoms with Crippen LogP contribution in [0, 0.1) is 5.92 Å². The maximum Gasteiger partial charge on any atom is 0.407 e. The molecule has 0 saturated carbocycles. The van der Waals surface area contributed by atoms with Gasteiger partial charge in [-0.2, -0.15) is 26.3 Å². The Morgan fingerprint density at radius 2 is 1.47 bits per heavy atom. The number of carbonyl (C=O) groups is 1. The number of ether oxygens (including phenoxy) is 1. The monoisotopic (exact) mass is 295 g/mol. The minimum absolute atomic E-state index is 0.779. The normalized spacial score (nSPS) is 13.6. The highest BCUT2D eigenvalue weighted by Crippen LogP contribution is 2.40. The van der Waals surface area contributed by atoms with Crippen molar-refractivity contribution in [2.45, 2.75) is 45.1 Å². The van der Waals surface area contributed by atoms with Gasteiger partial charge in [-0.1, -0.05) is 0 Å². The molecule has 0 aromatic carbocycles. The topological polar surface area (TPSA) is 38.3 Å². The van der Waals surface area contributed by atoms with Crippen molar-refractivity contribution < 1.29 is 35.9 Å². The first-order chi connectivity index (χ1) is 8.23. The molecule has 1 amide bonds. The maximum atomic E-state index is 12.1. The van der Waals surface area contributed by atoms with Crippen LogP contribution in [0.5, 0.6) is 0 Å². The van der Waals surface area contributed by atoms with Crippen molar-refractivity contribution in [3.05, 3.63) is 0 Å². The molecule has 0 spiro atoms. The van der Waals surface area contributed by atoms with E-state index in [0.29, 0.717) is 0 Å². The summed E-state index contributed by atoms with van der Waals surface area (Å²) in [6, 6.07) is 0. The first-order valence-corrected chi connectivity index (χ1v) is 5.34. The molecule has 9 heteroatoms. The van der Waals surface area contributed by atoms with Crippen LogP contribution in [0.25, 0.3) is 0 Å². The number of hydrogen-bond acceptors (Lipinski definition) is 2. The summed E-state index contributed by atoms with van der Waals surface area (Å²) in [6.45, 7) is 3.76. The maximum absolute atomic E-state index is 12.1. The summed E-state index contributed by atoms with van der Waals surface area (Å²) in [5, 5.41) is 1.85. The lowest BCUT2D eigenvalue weighted by molar-refractivity contribution is -0.285. The summed E-state index contributed by atoms with van der Waals surface area (Å²) >= 11 is 0. The van der Waals surface area contributed by atoms with E-state index in [-0.39, 0.29) is 0 Å². The Hall–Kier alpha value is -1.15. The molecule has 3 nitrogen and oxygen atoms in total. The highest BCUT2D eigenvalue weighted by molar-refractivity contribution is 5.67. The van der Waals surface area contributed by atoms with Crippen LogP contribution in [-0.4, -0.2) is 30.6 Å². The summed E-state index contributed by atoms with van der Waals surface area (Å²) in [4.78, 5) is 11.0. The largest absolute Gasteiger partial charge is 0.444 e. The van der Waals surface area contributed by atoms with Crippen LogP contribution in [-0.2, 0) is 4.74 Å². The molecule has 0 bridgehead atoms. The summed E-state index contributed by atoms with van der Waals surface area (Å²) < 4.78 is 77.6. The lowest BCUT2D eigenvalue weighted by atomic mass is 10.0. The van der Waals surface area contributed by atoms with Crippen LogP contribution in [0.2, 0.25) is 0 Å². The van der Waals surface area contributed by atoms with Crippen molar-refractivity contribution in [3.8, 4) is 0 Å².